The number of aromatic nitrogens is 1. The lowest BCUT2D eigenvalue weighted by Crippen LogP contribution is -2.51. The van der Waals surface area contributed by atoms with E-state index in [-0.39, 0.29) is 38.0 Å². The lowest BCUT2D eigenvalue weighted by molar-refractivity contribution is -0.136. The van der Waals surface area contributed by atoms with E-state index in [1.807, 2.05) is 0 Å². The maximum Gasteiger partial charge on any atom is 0.421 e. The molecule has 0 spiro atoms. The molecule has 1 saturated carbocycles. The second kappa shape index (κ2) is 13.3. The minimum atomic E-state index is -5.07. The van der Waals surface area contributed by atoms with Gasteiger partial charge in [-0.2, -0.15) is 13.2 Å². The van der Waals surface area contributed by atoms with Gasteiger partial charge in [-0.3, -0.25) is 9.69 Å². The highest BCUT2D eigenvalue weighted by molar-refractivity contribution is 6.03. The van der Waals surface area contributed by atoms with Crippen molar-refractivity contribution >= 4 is 23.4 Å². The quantitative estimate of drug-likeness (QED) is 0.278. The lowest BCUT2D eigenvalue weighted by Gasteiger charge is -2.29. The zero-order valence-electron chi connectivity index (χ0n) is 24.7. The van der Waals surface area contributed by atoms with Crippen molar-refractivity contribution in [2.45, 2.75) is 75.7 Å². The van der Waals surface area contributed by atoms with E-state index < -0.39 is 94.9 Å². The van der Waals surface area contributed by atoms with Crippen LogP contribution >= 0.6 is 0 Å². The first kappa shape index (κ1) is 34.1. The minimum absolute atomic E-state index is 0.146. The fourth-order valence-electron chi connectivity index (χ4n) is 5.65. The highest BCUT2D eigenvalue weighted by Gasteiger charge is 2.49. The second-order valence-electron chi connectivity index (χ2n) is 11.8. The molecular weight excluding hydrogens is 615 g/mol. The molecule has 1 aromatic heterocycles. The predicted molar refractivity (Wildman–Crippen MR) is 149 cm³/mol. The molecule has 1 aliphatic carbocycles. The minimum Gasteiger partial charge on any atom is -0.497 e. The first-order valence-corrected chi connectivity index (χ1v) is 14.2. The highest BCUT2D eigenvalue weighted by Crippen LogP contribution is 2.44. The lowest BCUT2D eigenvalue weighted by atomic mass is 9.86. The van der Waals surface area contributed by atoms with Crippen molar-refractivity contribution in [2.24, 2.45) is 5.92 Å². The summed E-state index contributed by atoms with van der Waals surface area (Å²) in [5.41, 5.74) is -3.95. The summed E-state index contributed by atoms with van der Waals surface area (Å²) in [6.45, 7) is 1.73. The molecule has 45 heavy (non-hydrogen) atoms. The highest BCUT2D eigenvalue weighted by atomic mass is 19.4. The van der Waals surface area contributed by atoms with Crippen molar-refractivity contribution in [3.63, 3.8) is 0 Å². The number of rotatable bonds is 9. The Bertz CT molecular complexity index is 1370. The normalized spacial score (nSPS) is 22.5. The zero-order chi connectivity index (χ0) is 33.3. The van der Waals surface area contributed by atoms with Crippen LogP contribution in [-0.4, -0.2) is 66.3 Å². The number of carbonyl (C=O) groups excluding carboxylic acids is 2. The number of ether oxygens (including phenoxy) is 1. The number of urea groups is 1. The van der Waals surface area contributed by atoms with E-state index in [4.69, 9.17) is 4.74 Å². The topological polar surface area (TPSA) is 116 Å². The summed E-state index contributed by atoms with van der Waals surface area (Å²) < 4.78 is 105. The van der Waals surface area contributed by atoms with Crippen molar-refractivity contribution < 1.29 is 50.2 Å². The van der Waals surface area contributed by atoms with Crippen molar-refractivity contribution in [3.05, 3.63) is 47.2 Å². The van der Waals surface area contributed by atoms with Crippen LogP contribution in [0.5, 0.6) is 5.75 Å². The van der Waals surface area contributed by atoms with Gasteiger partial charge >= 0.3 is 12.2 Å². The van der Waals surface area contributed by atoms with E-state index in [2.05, 4.69) is 20.9 Å². The van der Waals surface area contributed by atoms with Gasteiger partial charge in [-0.15, -0.1) is 0 Å². The first-order chi connectivity index (χ1) is 21.0. The molecule has 1 aromatic carbocycles. The monoisotopic (exact) mass is 649 g/mol. The predicted octanol–water partition coefficient (Wildman–Crippen LogP) is 5.19. The number of carbonyl (C=O) groups is 2. The summed E-state index contributed by atoms with van der Waals surface area (Å²) in [4.78, 5) is 31.2. The van der Waals surface area contributed by atoms with E-state index in [0.29, 0.717) is 4.90 Å². The van der Waals surface area contributed by atoms with E-state index in [0.717, 1.165) is 24.4 Å². The Morgan fingerprint density at radius 3 is 2.27 bits per heavy atom. The zero-order valence-corrected chi connectivity index (χ0v) is 24.7. The Kier molecular flexibility index (Phi) is 10.0. The Hall–Kier alpha value is -3.82. The van der Waals surface area contributed by atoms with Gasteiger partial charge in [-0.25, -0.2) is 27.3 Å². The second-order valence-corrected chi connectivity index (χ2v) is 11.8. The summed E-state index contributed by atoms with van der Waals surface area (Å²) in [6, 6.07) is -0.548. The summed E-state index contributed by atoms with van der Waals surface area (Å²) in [5.74, 6) is -6.83. The van der Waals surface area contributed by atoms with Gasteiger partial charge in [-0.05, 0) is 45.6 Å². The fourth-order valence-corrected chi connectivity index (χ4v) is 5.65. The molecule has 9 nitrogen and oxygen atoms in total. The Morgan fingerprint density at radius 2 is 1.73 bits per heavy atom. The summed E-state index contributed by atoms with van der Waals surface area (Å²) in [5, 5.41) is 17.5. The molecule has 2 fully saturated rings. The van der Waals surface area contributed by atoms with Crippen LogP contribution in [0.4, 0.5) is 47.0 Å². The summed E-state index contributed by atoms with van der Waals surface area (Å²) >= 11 is 0. The number of alkyl halides is 5. The Labute approximate surface area is 254 Å². The maximum atomic E-state index is 15.3. The molecule has 4 rings (SSSR count). The molecule has 4 N–H and O–H groups in total. The first-order valence-electron chi connectivity index (χ1n) is 14.2. The van der Waals surface area contributed by atoms with Crippen LogP contribution in [0.1, 0.15) is 56.6 Å². The Morgan fingerprint density at radius 1 is 1.11 bits per heavy atom. The number of nitrogens with zero attached hydrogens (tertiary/aromatic N) is 2. The molecule has 2 heterocycles. The molecule has 2 aliphatic rings. The van der Waals surface area contributed by atoms with Crippen LogP contribution in [0.2, 0.25) is 0 Å². The van der Waals surface area contributed by atoms with Gasteiger partial charge in [0.15, 0.2) is 0 Å². The van der Waals surface area contributed by atoms with Crippen molar-refractivity contribution in [3.8, 4) is 5.75 Å². The van der Waals surface area contributed by atoms with Crippen LogP contribution in [0.25, 0.3) is 0 Å². The molecule has 2 atom stereocenters. The van der Waals surface area contributed by atoms with Gasteiger partial charge in [-0.1, -0.05) is 0 Å². The van der Waals surface area contributed by atoms with Gasteiger partial charge < -0.3 is 25.8 Å². The molecular formula is C29H34F7N5O4. The average molecular weight is 650 g/mol. The molecule has 248 valence electrons. The van der Waals surface area contributed by atoms with Gasteiger partial charge in [0.25, 0.3) is 5.91 Å². The molecule has 0 bridgehead atoms. The van der Waals surface area contributed by atoms with Crippen LogP contribution in [0.15, 0.2) is 24.4 Å². The van der Waals surface area contributed by atoms with E-state index >= 15 is 8.78 Å². The third-order valence-corrected chi connectivity index (χ3v) is 7.90. The number of methoxy groups -OCH3 is 1. The SMILES string of the molecule is COc1cc(F)c([C@@H]2CN(c3nccc(NCC(C)(C)O)c3C(F)(F)F)C(=O)[C@H]2NC(=O)N[C@H]2CC[C@H](C(F)F)CC2)c(F)c1. The number of amides is 3. The number of nitrogens with one attached hydrogen (secondary N) is 3. The summed E-state index contributed by atoms with van der Waals surface area (Å²) in [7, 11) is 1.17. The number of hydrogen-bond donors (Lipinski definition) is 4. The van der Waals surface area contributed by atoms with E-state index in [1.165, 1.54) is 21.0 Å². The fraction of sp³-hybridized carbons (Fsp3) is 0.552. The van der Waals surface area contributed by atoms with Crippen molar-refractivity contribution in [1.82, 2.24) is 15.6 Å². The van der Waals surface area contributed by atoms with E-state index in [9.17, 15) is 36.6 Å². The molecule has 0 unspecified atom stereocenters. The third kappa shape index (κ3) is 7.89. The van der Waals surface area contributed by atoms with Crippen LogP contribution in [-0.2, 0) is 11.0 Å². The molecule has 1 aliphatic heterocycles. The molecule has 3 amide bonds. The van der Waals surface area contributed by atoms with Crippen LogP contribution in [0.3, 0.4) is 0 Å². The average Bonchev–Trinajstić information content (AvgIpc) is 3.25. The van der Waals surface area contributed by atoms with Gasteiger partial charge in [0.1, 0.15) is 34.8 Å². The molecule has 2 aromatic rings. The van der Waals surface area contributed by atoms with Gasteiger partial charge in [0.05, 0.1) is 18.4 Å². The molecule has 1 saturated heterocycles. The molecule has 0 radical (unpaired) electrons. The van der Waals surface area contributed by atoms with Crippen molar-refractivity contribution in [1.29, 1.82) is 0 Å². The van der Waals surface area contributed by atoms with Crippen LogP contribution in [0, 0.1) is 17.6 Å². The number of pyridine rings is 1. The van der Waals surface area contributed by atoms with Gasteiger partial charge in [0, 0.05) is 54.9 Å². The number of aliphatic hydroxyl groups is 1. The third-order valence-electron chi connectivity index (χ3n) is 7.90. The van der Waals surface area contributed by atoms with Crippen molar-refractivity contribution in [2.75, 3.05) is 30.4 Å². The number of hydrogen-bond acceptors (Lipinski definition) is 6. The number of halogens is 7. The summed E-state index contributed by atoms with van der Waals surface area (Å²) in [6.07, 6.45) is -5.84. The number of benzene rings is 1. The maximum absolute atomic E-state index is 15.3. The number of anilines is 2. The smallest absolute Gasteiger partial charge is 0.421 e. The standard InChI is InChI=1S/C29H34F7N5O4/c1-28(2,44)13-38-20-8-9-37-25(22(20)29(34,35)36)41-12-17(21-18(30)10-16(45-3)11-19(21)31)23(26(41)42)40-27(43)39-15-6-4-14(5-7-15)24(32)33/h8-11,14-15,17,23-24,44H,4-7,12-13H2,1-3H3,(H,37,38)(H2,39,40,43)/t14-,15-,17-,23-/m0/s1. The largest absolute Gasteiger partial charge is 0.497 e. The van der Waals surface area contributed by atoms with Crippen LogP contribution < -0.4 is 25.6 Å². The Balaban J connectivity index is 1.69. The van der Waals surface area contributed by atoms with E-state index in [1.54, 1.807) is 0 Å². The molecule has 16 heteroatoms. The van der Waals surface area contributed by atoms with Gasteiger partial charge in [0.2, 0.25) is 6.43 Å².